The highest BCUT2D eigenvalue weighted by Crippen LogP contribution is 2.26. The molecule has 0 fully saturated rings. The minimum atomic E-state index is -1.68. The molecule has 25 heavy (non-hydrogen) atoms. The first-order valence-corrected chi connectivity index (χ1v) is 8.83. The lowest BCUT2D eigenvalue weighted by Gasteiger charge is -2.11. The number of amides is 2. The van der Waals surface area contributed by atoms with E-state index >= 15 is 0 Å². The highest BCUT2D eigenvalue weighted by molar-refractivity contribution is 8.02. The Hall–Kier alpha value is -2.07. The zero-order valence-corrected chi connectivity index (χ0v) is 14.9. The van der Waals surface area contributed by atoms with Crippen molar-refractivity contribution in [2.45, 2.75) is 23.4 Å². The van der Waals surface area contributed by atoms with Crippen LogP contribution in [-0.2, 0) is 9.59 Å². The first-order chi connectivity index (χ1) is 11.8. The molecule has 0 spiro atoms. The molecule has 1 atom stereocenters. The van der Waals surface area contributed by atoms with Crippen LogP contribution >= 0.6 is 23.1 Å². The third kappa shape index (κ3) is 5.20. The Morgan fingerprint density at radius 3 is 2.64 bits per heavy atom. The molecule has 2 rings (SSSR count). The number of nitrogens with one attached hydrogen (secondary N) is 2. The number of carbonyl (C=O) groups excluding carboxylic acids is 2. The van der Waals surface area contributed by atoms with Gasteiger partial charge in [-0.3, -0.25) is 9.59 Å². The third-order valence-corrected chi connectivity index (χ3v) is 5.17. The van der Waals surface area contributed by atoms with E-state index < -0.39 is 46.7 Å². The number of hydrogen-bond acceptors (Lipinski definition) is 5. The molecule has 1 aromatic carbocycles. The maximum absolute atomic E-state index is 13.5. The van der Waals surface area contributed by atoms with Gasteiger partial charge in [0.25, 0.3) is 0 Å². The molecule has 10 heteroatoms. The number of aryl methyl sites for hydroxylation is 1. The van der Waals surface area contributed by atoms with Gasteiger partial charge in [-0.2, -0.15) is 0 Å². The second-order valence-electron chi connectivity index (χ2n) is 5.00. The molecule has 0 unspecified atom stereocenters. The van der Waals surface area contributed by atoms with E-state index in [0.29, 0.717) is 6.07 Å². The number of thioether (sulfide) groups is 1. The molecule has 2 N–H and O–H groups in total. The average molecular weight is 389 g/mol. The standard InChI is InChI=1S/C15H14F3N3O2S2/c1-7-6-24-15(20-7)25-8(2)14(23)19-5-11(22)21-10-4-3-9(16)12(17)13(10)18/h3-4,6,8H,5H2,1-2H3,(H,19,23)(H,21,22)/t8-/m1/s1. The summed E-state index contributed by atoms with van der Waals surface area (Å²) in [6.45, 7) is 3.07. The van der Waals surface area contributed by atoms with Crippen molar-refractivity contribution in [1.82, 2.24) is 10.3 Å². The molecule has 0 aliphatic heterocycles. The average Bonchev–Trinajstić information content (AvgIpc) is 2.98. The van der Waals surface area contributed by atoms with Crippen LogP contribution in [0.5, 0.6) is 0 Å². The minimum absolute atomic E-state index is 0.404. The number of hydrogen-bond donors (Lipinski definition) is 2. The monoisotopic (exact) mass is 389 g/mol. The zero-order chi connectivity index (χ0) is 18.6. The van der Waals surface area contributed by atoms with Gasteiger partial charge in [-0.25, -0.2) is 18.2 Å². The summed E-state index contributed by atoms with van der Waals surface area (Å²) in [4.78, 5) is 27.9. The van der Waals surface area contributed by atoms with E-state index in [4.69, 9.17) is 0 Å². The number of rotatable bonds is 6. The summed E-state index contributed by atoms with van der Waals surface area (Å²) < 4.78 is 40.1. The van der Waals surface area contributed by atoms with Crippen molar-refractivity contribution in [3.63, 3.8) is 0 Å². The molecule has 0 bridgehead atoms. The first-order valence-electron chi connectivity index (χ1n) is 7.07. The van der Waals surface area contributed by atoms with E-state index in [-0.39, 0.29) is 0 Å². The minimum Gasteiger partial charge on any atom is -0.346 e. The largest absolute Gasteiger partial charge is 0.346 e. The summed E-state index contributed by atoms with van der Waals surface area (Å²) in [5.74, 6) is -5.69. The molecule has 0 aliphatic carbocycles. The van der Waals surface area contributed by atoms with Crippen LogP contribution in [0.25, 0.3) is 0 Å². The molecule has 0 saturated carbocycles. The van der Waals surface area contributed by atoms with Crippen LogP contribution in [0.2, 0.25) is 0 Å². The molecule has 1 heterocycles. The molecular weight excluding hydrogens is 375 g/mol. The van der Waals surface area contributed by atoms with Crippen molar-refractivity contribution >= 4 is 40.6 Å². The Morgan fingerprint density at radius 2 is 2.00 bits per heavy atom. The van der Waals surface area contributed by atoms with Crippen molar-refractivity contribution in [2.75, 3.05) is 11.9 Å². The van der Waals surface area contributed by atoms with Crippen molar-refractivity contribution < 1.29 is 22.8 Å². The van der Waals surface area contributed by atoms with Gasteiger partial charge in [-0.05, 0) is 26.0 Å². The number of benzene rings is 1. The summed E-state index contributed by atoms with van der Waals surface area (Å²) in [6, 6.07) is 1.60. The van der Waals surface area contributed by atoms with Gasteiger partial charge >= 0.3 is 0 Å². The molecule has 0 radical (unpaired) electrons. The first kappa shape index (κ1) is 19.3. The summed E-state index contributed by atoms with van der Waals surface area (Å²) in [6.07, 6.45) is 0. The summed E-state index contributed by atoms with van der Waals surface area (Å²) in [7, 11) is 0. The van der Waals surface area contributed by atoms with Crippen molar-refractivity contribution in [1.29, 1.82) is 0 Å². The van der Waals surface area contributed by atoms with Crippen LogP contribution in [0, 0.1) is 24.4 Å². The number of nitrogens with zero attached hydrogens (tertiary/aromatic N) is 1. The molecule has 1 aromatic heterocycles. The lowest BCUT2D eigenvalue weighted by Crippen LogP contribution is -2.37. The van der Waals surface area contributed by atoms with Crippen molar-refractivity contribution in [3.05, 3.63) is 40.7 Å². The van der Waals surface area contributed by atoms with Gasteiger partial charge in [0, 0.05) is 11.1 Å². The van der Waals surface area contributed by atoms with E-state index in [9.17, 15) is 22.8 Å². The second-order valence-corrected chi connectivity index (χ2v) is 7.45. The van der Waals surface area contributed by atoms with Crippen LogP contribution < -0.4 is 10.6 Å². The quantitative estimate of drug-likeness (QED) is 0.588. The smallest absolute Gasteiger partial charge is 0.243 e. The van der Waals surface area contributed by atoms with Gasteiger partial charge in [0.05, 0.1) is 17.5 Å². The van der Waals surface area contributed by atoms with Crippen LogP contribution in [0.15, 0.2) is 21.9 Å². The van der Waals surface area contributed by atoms with Crippen molar-refractivity contribution in [3.8, 4) is 0 Å². The molecule has 0 saturated heterocycles. The zero-order valence-electron chi connectivity index (χ0n) is 13.2. The maximum Gasteiger partial charge on any atom is 0.243 e. The Morgan fingerprint density at radius 1 is 1.28 bits per heavy atom. The SMILES string of the molecule is Cc1csc(S[C@H](C)C(=O)NCC(=O)Nc2ccc(F)c(F)c2F)n1. The van der Waals surface area contributed by atoms with Crippen LogP contribution in [-0.4, -0.2) is 28.6 Å². The number of halogens is 3. The number of anilines is 1. The fraction of sp³-hybridized carbons (Fsp3) is 0.267. The summed E-state index contributed by atoms with van der Waals surface area (Å²) in [5, 5.41) is 5.83. The van der Waals surface area contributed by atoms with Gasteiger partial charge in [0.15, 0.2) is 21.8 Å². The Balaban J connectivity index is 1.85. The second kappa shape index (κ2) is 8.34. The lowest BCUT2D eigenvalue weighted by atomic mass is 10.2. The van der Waals surface area contributed by atoms with Gasteiger partial charge < -0.3 is 10.6 Å². The molecular formula is C15H14F3N3O2S2. The Labute approximate surface area is 150 Å². The topological polar surface area (TPSA) is 71.1 Å². The van der Waals surface area contributed by atoms with Crippen LogP contribution in [0.4, 0.5) is 18.9 Å². The summed E-state index contributed by atoms with van der Waals surface area (Å²) in [5.41, 5.74) is 0.354. The van der Waals surface area contributed by atoms with Gasteiger partial charge in [0.2, 0.25) is 11.8 Å². The van der Waals surface area contributed by atoms with E-state index in [0.717, 1.165) is 16.1 Å². The fourth-order valence-electron chi connectivity index (χ4n) is 1.72. The summed E-state index contributed by atoms with van der Waals surface area (Å²) >= 11 is 2.66. The number of aromatic nitrogens is 1. The number of thiazole rings is 1. The van der Waals surface area contributed by atoms with E-state index in [1.165, 1.54) is 23.1 Å². The van der Waals surface area contributed by atoms with E-state index in [2.05, 4.69) is 15.6 Å². The molecule has 2 aromatic rings. The molecule has 134 valence electrons. The molecule has 0 aliphatic rings. The van der Waals surface area contributed by atoms with Gasteiger partial charge in [0.1, 0.15) is 0 Å². The lowest BCUT2D eigenvalue weighted by molar-refractivity contribution is -0.123. The van der Waals surface area contributed by atoms with E-state index in [1.54, 1.807) is 6.92 Å². The van der Waals surface area contributed by atoms with E-state index in [1.807, 2.05) is 12.3 Å². The molecule has 5 nitrogen and oxygen atoms in total. The normalized spacial score (nSPS) is 11.9. The van der Waals surface area contributed by atoms with Crippen LogP contribution in [0.3, 0.4) is 0 Å². The Bertz CT molecular complexity index is 798. The van der Waals surface area contributed by atoms with Crippen LogP contribution in [0.1, 0.15) is 12.6 Å². The Kier molecular flexibility index (Phi) is 6.43. The third-order valence-electron chi connectivity index (χ3n) is 2.98. The predicted molar refractivity (Wildman–Crippen MR) is 90.1 cm³/mol. The highest BCUT2D eigenvalue weighted by Gasteiger charge is 2.18. The van der Waals surface area contributed by atoms with Crippen molar-refractivity contribution in [2.24, 2.45) is 0 Å². The predicted octanol–water partition coefficient (Wildman–Crippen LogP) is 3.10. The number of carbonyl (C=O) groups is 2. The molecule has 2 amide bonds. The highest BCUT2D eigenvalue weighted by atomic mass is 32.2. The van der Waals surface area contributed by atoms with Gasteiger partial charge in [-0.15, -0.1) is 11.3 Å². The van der Waals surface area contributed by atoms with Gasteiger partial charge in [-0.1, -0.05) is 11.8 Å². The fourth-order valence-corrected chi connectivity index (χ4v) is 3.73. The maximum atomic E-state index is 13.5.